The molecule has 0 aromatic heterocycles. The van der Waals surface area contributed by atoms with Crippen LogP contribution >= 0.6 is 0 Å². The van der Waals surface area contributed by atoms with E-state index in [9.17, 15) is 4.79 Å². The average molecular weight is 289 g/mol. The minimum atomic E-state index is -0.923. The largest absolute Gasteiger partial charge is 0.478 e. The van der Waals surface area contributed by atoms with Crippen molar-refractivity contribution in [2.75, 3.05) is 31.7 Å². The van der Waals surface area contributed by atoms with Crippen LogP contribution in [0.4, 0.5) is 5.69 Å². The molecule has 2 rings (SSSR count). The van der Waals surface area contributed by atoms with E-state index >= 15 is 0 Å². The van der Waals surface area contributed by atoms with Gasteiger partial charge in [0.25, 0.3) is 0 Å². The Labute approximate surface area is 126 Å². The van der Waals surface area contributed by atoms with Crippen molar-refractivity contribution < 1.29 is 14.6 Å². The van der Waals surface area contributed by atoms with E-state index in [0.717, 1.165) is 43.0 Å². The molecule has 4 nitrogen and oxygen atoms in total. The zero-order valence-corrected chi connectivity index (χ0v) is 12.7. The Morgan fingerprint density at radius 3 is 2.95 bits per heavy atom. The molecule has 1 heterocycles. The molecule has 0 bridgehead atoms. The first kappa shape index (κ1) is 15.6. The summed E-state index contributed by atoms with van der Waals surface area (Å²) in [4.78, 5) is 12.8. The SMILES string of the molecule is Cc1cc(N(C)CC2CCCOC2)ccc1C=CC(=O)O. The summed E-state index contributed by atoms with van der Waals surface area (Å²) in [6, 6.07) is 6.11. The maximum Gasteiger partial charge on any atom is 0.328 e. The van der Waals surface area contributed by atoms with E-state index in [1.54, 1.807) is 6.08 Å². The lowest BCUT2D eigenvalue weighted by molar-refractivity contribution is -0.131. The summed E-state index contributed by atoms with van der Waals surface area (Å²) >= 11 is 0. The maximum atomic E-state index is 10.6. The summed E-state index contributed by atoms with van der Waals surface area (Å²) in [7, 11) is 2.09. The Kier molecular flexibility index (Phi) is 5.39. The molecule has 0 radical (unpaired) electrons. The molecule has 0 spiro atoms. The van der Waals surface area contributed by atoms with Crippen LogP contribution in [0.3, 0.4) is 0 Å². The molecule has 21 heavy (non-hydrogen) atoms. The fourth-order valence-electron chi connectivity index (χ4n) is 2.69. The highest BCUT2D eigenvalue weighted by Crippen LogP contribution is 2.22. The van der Waals surface area contributed by atoms with Crippen LogP contribution in [0.1, 0.15) is 24.0 Å². The molecule has 114 valence electrons. The molecule has 1 fully saturated rings. The standard InChI is InChI=1S/C17H23NO3/c1-13-10-16(7-5-15(13)6-8-17(19)20)18(2)11-14-4-3-9-21-12-14/h5-8,10,14H,3-4,9,11-12H2,1-2H3,(H,19,20). The number of hydrogen-bond acceptors (Lipinski definition) is 3. The lowest BCUT2D eigenvalue weighted by Crippen LogP contribution is -2.30. The molecular formula is C17H23NO3. The third kappa shape index (κ3) is 4.60. The van der Waals surface area contributed by atoms with Gasteiger partial charge in [-0.1, -0.05) is 6.07 Å². The molecule has 1 aliphatic rings. The van der Waals surface area contributed by atoms with E-state index < -0.39 is 5.97 Å². The van der Waals surface area contributed by atoms with Gasteiger partial charge in [0, 0.05) is 32.0 Å². The van der Waals surface area contributed by atoms with Gasteiger partial charge < -0.3 is 14.7 Å². The molecule has 1 aliphatic heterocycles. The molecule has 0 saturated carbocycles. The van der Waals surface area contributed by atoms with Gasteiger partial charge >= 0.3 is 5.97 Å². The first-order chi connectivity index (χ1) is 10.1. The van der Waals surface area contributed by atoms with Crippen LogP contribution in [0.15, 0.2) is 24.3 Å². The zero-order valence-electron chi connectivity index (χ0n) is 12.7. The van der Waals surface area contributed by atoms with Crippen molar-refractivity contribution in [2.24, 2.45) is 5.92 Å². The zero-order chi connectivity index (χ0) is 15.2. The Morgan fingerprint density at radius 1 is 1.52 bits per heavy atom. The first-order valence-electron chi connectivity index (χ1n) is 7.37. The van der Waals surface area contributed by atoms with E-state index in [-0.39, 0.29) is 0 Å². The molecule has 1 saturated heterocycles. The van der Waals surface area contributed by atoms with Crippen LogP contribution in [0, 0.1) is 12.8 Å². The van der Waals surface area contributed by atoms with Gasteiger partial charge in [-0.15, -0.1) is 0 Å². The summed E-state index contributed by atoms with van der Waals surface area (Å²) < 4.78 is 5.52. The van der Waals surface area contributed by atoms with Gasteiger partial charge in [0.2, 0.25) is 0 Å². The fraction of sp³-hybridized carbons (Fsp3) is 0.471. The van der Waals surface area contributed by atoms with Gasteiger partial charge in [0.05, 0.1) is 6.61 Å². The lowest BCUT2D eigenvalue weighted by Gasteiger charge is -2.28. The third-order valence-corrected chi connectivity index (χ3v) is 3.89. The Morgan fingerprint density at radius 2 is 2.33 bits per heavy atom. The van der Waals surface area contributed by atoms with Crippen LogP contribution in [0.25, 0.3) is 6.08 Å². The number of hydrogen-bond donors (Lipinski definition) is 1. The minimum Gasteiger partial charge on any atom is -0.478 e. The number of anilines is 1. The van der Waals surface area contributed by atoms with Gasteiger partial charge in [-0.3, -0.25) is 0 Å². The molecule has 1 aromatic carbocycles. The molecule has 1 unspecified atom stereocenters. The molecule has 1 aromatic rings. The molecule has 1 atom stereocenters. The molecule has 4 heteroatoms. The van der Waals surface area contributed by atoms with Gasteiger partial charge in [-0.2, -0.15) is 0 Å². The summed E-state index contributed by atoms with van der Waals surface area (Å²) in [5, 5.41) is 8.68. The minimum absolute atomic E-state index is 0.593. The van der Waals surface area contributed by atoms with E-state index in [1.165, 1.54) is 12.5 Å². The first-order valence-corrected chi connectivity index (χ1v) is 7.37. The number of aryl methyl sites for hydroxylation is 1. The van der Waals surface area contributed by atoms with E-state index in [2.05, 4.69) is 18.0 Å². The van der Waals surface area contributed by atoms with Gasteiger partial charge in [0.1, 0.15) is 0 Å². The maximum absolute atomic E-state index is 10.6. The van der Waals surface area contributed by atoms with Crippen LogP contribution in [0.5, 0.6) is 0 Å². The smallest absolute Gasteiger partial charge is 0.328 e. The second-order valence-corrected chi connectivity index (χ2v) is 5.68. The second-order valence-electron chi connectivity index (χ2n) is 5.68. The third-order valence-electron chi connectivity index (χ3n) is 3.89. The Hall–Kier alpha value is -1.81. The number of carbonyl (C=O) groups is 1. The van der Waals surface area contributed by atoms with Gasteiger partial charge in [-0.05, 0) is 55.0 Å². The number of nitrogens with zero attached hydrogens (tertiary/aromatic N) is 1. The molecular weight excluding hydrogens is 266 g/mol. The fourth-order valence-corrected chi connectivity index (χ4v) is 2.69. The van der Waals surface area contributed by atoms with Crippen LogP contribution < -0.4 is 4.90 Å². The molecule has 0 aliphatic carbocycles. The predicted octanol–water partition coefficient (Wildman–Crippen LogP) is 2.96. The molecule has 1 N–H and O–H groups in total. The number of aliphatic carboxylic acids is 1. The second kappa shape index (κ2) is 7.27. The number of carboxylic acid groups (broad SMARTS) is 1. The normalized spacial score (nSPS) is 18.9. The summed E-state index contributed by atoms with van der Waals surface area (Å²) in [6.45, 7) is 4.74. The number of benzene rings is 1. The van der Waals surface area contributed by atoms with Crippen molar-refractivity contribution in [3.8, 4) is 0 Å². The lowest BCUT2D eigenvalue weighted by atomic mass is 10.0. The van der Waals surface area contributed by atoms with Crippen molar-refractivity contribution >= 4 is 17.7 Å². The molecule has 0 amide bonds. The predicted molar refractivity (Wildman–Crippen MR) is 84.7 cm³/mol. The summed E-state index contributed by atoms with van der Waals surface area (Å²) in [5.74, 6) is -0.330. The number of ether oxygens (including phenoxy) is 1. The highest BCUT2D eigenvalue weighted by Gasteiger charge is 2.16. The van der Waals surface area contributed by atoms with E-state index in [4.69, 9.17) is 9.84 Å². The van der Waals surface area contributed by atoms with Crippen LogP contribution in [-0.2, 0) is 9.53 Å². The highest BCUT2D eigenvalue weighted by atomic mass is 16.5. The van der Waals surface area contributed by atoms with Crippen molar-refractivity contribution in [3.05, 3.63) is 35.4 Å². The van der Waals surface area contributed by atoms with Gasteiger partial charge in [0.15, 0.2) is 0 Å². The number of carboxylic acids is 1. The highest BCUT2D eigenvalue weighted by molar-refractivity contribution is 5.85. The van der Waals surface area contributed by atoms with Crippen molar-refractivity contribution in [1.82, 2.24) is 0 Å². The van der Waals surface area contributed by atoms with Gasteiger partial charge in [-0.25, -0.2) is 4.79 Å². The van der Waals surface area contributed by atoms with E-state index in [1.807, 2.05) is 19.1 Å². The Balaban J connectivity index is 2.02. The van der Waals surface area contributed by atoms with Crippen LogP contribution in [0.2, 0.25) is 0 Å². The Bertz CT molecular complexity index is 519. The average Bonchev–Trinajstić information content (AvgIpc) is 2.46. The monoisotopic (exact) mass is 289 g/mol. The quantitative estimate of drug-likeness (QED) is 0.847. The van der Waals surface area contributed by atoms with Crippen molar-refractivity contribution in [1.29, 1.82) is 0 Å². The van der Waals surface area contributed by atoms with Crippen molar-refractivity contribution in [2.45, 2.75) is 19.8 Å². The summed E-state index contributed by atoms with van der Waals surface area (Å²) in [5.41, 5.74) is 3.18. The van der Waals surface area contributed by atoms with Crippen LogP contribution in [-0.4, -0.2) is 37.9 Å². The number of rotatable bonds is 5. The van der Waals surface area contributed by atoms with Crippen molar-refractivity contribution in [3.63, 3.8) is 0 Å². The van der Waals surface area contributed by atoms with E-state index in [0.29, 0.717) is 5.92 Å². The summed E-state index contributed by atoms with van der Waals surface area (Å²) in [6.07, 6.45) is 5.18. The topological polar surface area (TPSA) is 49.8 Å².